The number of nitrogens with zero attached hydrogens (tertiary/aromatic N) is 2. The quantitative estimate of drug-likeness (QED) is 0.674. The fraction of sp³-hybridized carbons (Fsp3) is 0.714. The van der Waals surface area contributed by atoms with Gasteiger partial charge < -0.3 is 5.32 Å². The van der Waals surface area contributed by atoms with Gasteiger partial charge in [0.25, 0.3) is 0 Å². The van der Waals surface area contributed by atoms with E-state index < -0.39 is 17.2 Å². The summed E-state index contributed by atoms with van der Waals surface area (Å²) in [5, 5.41) is 11.4. The Morgan fingerprint density at radius 2 is 2.13 bits per heavy atom. The van der Waals surface area contributed by atoms with Crippen LogP contribution >= 0.6 is 11.8 Å². The third kappa shape index (κ3) is 4.85. The molecule has 23 heavy (non-hydrogen) atoms. The number of amides is 3. The highest BCUT2D eigenvalue weighted by molar-refractivity contribution is 8.00. The van der Waals surface area contributed by atoms with Crippen molar-refractivity contribution in [3.63, 3.8) is 0 Å². The summed E-state index contributed by atoms with van der Waals surface area (Å²) in [4.78, 5) is 35.5. The van der Waals surface area contributed by atoms with Gasteiger partial charge in [-0.25, -0.2) is 14.7 Å². The summed E-state index contributed by atoms with van der Waals surface area (Å²) >= 11 is 1.15. The molecule has 3 amide bonds. The van der Waals surface area contributed by atoms with Gasteiger partial charge >= 0.3 is 11.7 Å². The fourth-order valence-corrected chi connectivity index (χ4v) is 3.41. The Morgan fingerprint density at radius 1 is 1.43 bits per heavy atom. The van der Waals surface area contributed by atoms with Crippen molar-refractivity contribution in [2.45, 2.75) is 68.9 Å². The van der Waals surface area contributed by atoms with E-state index in [-0.39, 0.29) is 11.7 Å². The minimum atomic E-state index is -0.532. The van der Waals surface area contributed by atoms with Gasteiger partial charge in [0, 0.05) is 12.6 Å². The number of carbonyl (C=O) groups is 2. The zero-order valence-electron chi connectivity index (χ0n) is 13.4. The van der Waals surface area contributed by atoms with Gasteiger partial charge in [-0.3, -0.25) is 14.7 Å². The summed E-state index contributed by atoms with van der Waals surface area (Å²) in [7, 11) is 0. The van der Waals surface area contributed by atoms with Gasteiger partial charge in [0.05, 0.1) is 5.25 Å². The molecule has 1 aromatic heterocycles. The van der Waals surface area contributed by atoms with Crippen molar-refractivity contribution in [2.75, 3.05) is 0 Å². The average molecular weight is 341 g/mol. The average Bonchev–Trinajstić information content (AvgIpc) is 3.12. The molecule has 0 saturated heterocycles. The largest absolute Gasteiger partial charge is 0.343 e. The van der Waals surface area contributed by atoms with Crippen molar-refractivity contribution in [3.05, 3.63) is 10.5 Å². The van der Waals surface area contributed by atoms with Gasteiger partial charge in [-0.2, -0.15) is 0 Å². The predicted molar refractivity (Wildman–Crippen MR) is 87.4 cm³/mol. The smallest absolute Gasteiger partial charge is 0.335 e. The number of hydrogen-bond acceptors (Lipinski definition) is 5. The first kappa shape index (κ1) is 17.6. The SMILES string of the molecule is CCCn1c(S[C@H](C)C(=O)NC(=O)NC2CCCC2)n[nH]c1=O. The highest BCUT2D eigenvalue weighted by atomic mass is 32.2. The van der Waals surface area contributed by atoms with E-state index in [9.17, 15) is 14.4 Å². The number of hydrogen-bond donors (Lipinski definition) is 3. The number of nitrogens with one attached hydrogen (secondary N) is 3. The number of aromatic amines is 1. The molecule has 0 bridgehead atoms. The second kappa shape index (κ2) is 8.19. The van der Waals surface area contributed by atoms with Gasteiger partial charge in [0.15, 0.2) is 5.16 Å². The molecule has 1 saturated carbocycles. The lowest BCUT2D eigenvalue weighted by atomic mass is 10.2. The van der Waals surface area contributed by atoms with Gasteiger partial charge in [0.1, 0.15) is 0 Å². The summed E-state index contributed by atoms with van der Waals surface area (Å²) in [6, 6.07) is -0.297. The minimum absolute atomic E-state index is 0.159. The van der Waals surface area contributed by atoms with Crippen LogP contribution in [0.25, 0.3) is 0 Å². The Bertz CT molecular complexity index is 606. The molecule has 1 aliphatic carbocycles. The van der Waals surface area contributed by atoms with Crippen molar-refractivity contribution >= 4 is 23.7 Å². The van der Waals surface area contributed by atoms with Crippen molar-refractivity contribution < 1.29 is 9.59 Å². The Morgan fingerprint density at radius 3 is 2.78 bits per heavy atom. The van der Waals surface area contributed by atoms with Crippen LogP contribution in [-0.2, 0) is 11.3 Å². The van der Waals surface area contributed by atoms with Crippen LogP contribution in [-0.4, -0.2) is 38.0 Å². The summed E-state index contributed by atoms with van der Waals surface area (Å²) in [5.41, 5.74) is -0.291. The molecule has 3 N–H and O–H groups in total. The van der Waals surface area contributed by atoms with E-state index in [1.807, 2.05) is 6.92 Å². The first-order valence-corrected chi connectivity index (χ1v) is 8.82. The van der Waals surface area contributed by atoms with Crippen LogP contribution in [0.15, 0.2) is 9.95 Å². The molecular formula is C14H23N5O3S. The second-order valence-electron chi connectivity index (χ2n) is 5.67. The summed E-state index contributed by atoms with van der Waals surface area (Å²) < 4.78 is 1.49. The molecular weight excluding hydrogens is 318 g/mol. The fourth-order valence-electron chi connectivity index (χ4n) is 2.53. The molecule has 1 fully saturated rings. The van der Waals surface area contributed by atoms with E-state index in [0.717, 1.165) is 43.9 Å². The van der Waals surface area contributed by atoms with E-state index in [4.69, 9.17) is 0 Å². The third-order valence-corrected chi connectivity index (χ3v) is 4.84. The summed E-state index contributed by atoms with van der Waals surface area (Å²) in [6.45, 7) is 4.17. The van der Waals surface area contributed by atoms with Crippen molar-refractivity contribution in [1.29, 1.82) is 0 Å². The second-order valence-corrected chi connectivity index (χ2v) is 6.98. The number of carbonyl (C=O) groups excluding carboxylic acids is 2. The number of rotatable bonds is 6. The van der Waals surface area contributed by atoms with E-state index in [1.54, 1.807) is 6.92 Å². The van der Waals surface area contributed by atoms with Crippen LogP contribution in [0.2, 0.25) is 0 Å². The molecule has 1 aliphatic rings. The van der Waals surface area contributed by atoms with Crippen LogP contribution in [0, 0.1) is 0 Å². The minimum Gasteiger partial charge on any atom is -0.335 e. The lowest BCUT2D eigenvalue weighted by Crippen LogP contribution is -2.46. The van der Waals surface area contributed by atoms with E-state index in [1.165, 1.54) is 4.57 Å². The number of imide groups is 1. The maximum Gasteiger partial charge on any atom is 0.343 e. The lowest BCUT2D eigenvalue weighted by Gasteiger charge is -2.14. The maximum absolute atomic E-state index is 12.1. The highest BCUT2D eigenvalue weighted by Crippen LogP contribution is 2.20. The molecule has 128 valence electrons. The molecule has 9 heteroatoms. The predicted octanol–water partition coefficient (Wildman–Crippen LogP) is 1.23. The Balaban J connectivity index is 1.87. The van der Waals surface area contributed by atoms with Crippen LogP contribution in [0.1, 0.15) is 46.0 Å². The Labute approximate surface area is 138 Å². The zero-order chi connectivity index (χ0) is 16.8. The van der Waals surface area contributed by atoms with Crippen LogP contribution < -0.4 is 16.3 Å². The first-order chi connectivity index (χ1) is 11.0. The van der Waals surface area contributed by atoms with Crippen LogP contribution in [0.4, 0.5) is 4.79 Å². The number of thioether (sulfide) groups is 1. The number of H-pyrrole nitrogens is 1. The Kier molecular flexibility index (Phi) is 6.26. The molecule has 0 spiro atoms. The summed E-state index contributed by atoms with van der Waals surface area (Å²) in [5.74, 6) is -0.399. The monoisotopic (exact) mass is 341 g/mol. The van der Waals surface area contributed by atoms with Gasteiger partial charge in [-0.05, 0) is 26.2 Å². The van der Waals surface area contributed by atoms with Crippen LogP contribution in [0.3, 0.4) is 0 Å². The third-order valence-electron chi connectivity index (χ3n) is 3.75. The lowest BCUT2D eigenvalue weighted by molar-refractivity contribution is -0.119. The molecule has 0 unspecified atom stereocenters. The Hall–Kier alpha value is -1.77. The van der Waals surface area contributed by atoms with Gasteiger partial charge in [-0.1, -0.05) is 31.5 Å². The zero-order valence-corrected chi connectivity index (χ0v) is 14.2. The molecule has 2 rings (SSSR count). The van der Waals surface area contributed by atoms with E-state index in [2.05, 4.69) is 20.8 Å². The molecule has 1 atom stereocenters. The van der Waals surface area contributed by atoms with E-state index >= 15 is 0 Å². The van der Waals surface area contributed by atoms with Gasteiger partial charge in [0.2, 0.25) is 5.91 Å². The molecule has 8 nitrogen and oxygen atoms in total. The molecule has 0 aromatic carbocycles. The number of aromatic nitrogens is 3. The topological polar surface area (TPSA) is 109 Å². The maximum atomic E-state index is 12.1. The van der Waals surface area contributed by atoms with Crippen molar-refractivity contribution in [2.24, 2.45) is 0 Å². The molecule has 0 aliphatic heterocycles. The molecule has 1 aromatic rings. The standard InChI is InChI=1S/C14H23N5O3S/c1-3-8-19-13(22)17-18-14(19)23-9(2)11(20)16-12(21)15-10-6-4-5-7-10/h9-10H,3-8H2,1-2H3,(H,17,22)(H2,15,16,20,21)/t9-/m1/s1. The van der Waals surface area contributed by atoms with Crippen molar-refractivity contribution in [3.8, 4) is 0 Å². The number of urea groups is 1. The molecule has 0 radical (unpaired) electrons. The van der Waals surface area contributed by atoms with Crippen molar-refractivity contribution in [1.82, 2.24) is 25.4 Å². The molecule has 1 heterocycles. The normalized spacial score (nSPS) is 16.3. The summed E-state index contributed by atoms with van der Waals surface area (Å²) in [6.07, 6.45) is 4.93. The first-order valence-electron chi connectivity index (χ1n) is 7.94. The highest BCUT2D eigenvalue weighted by Gasteiger charge is 2.22. The van der Waals surface area contributed by atoms with Gasteiger partial charge in [-0.15, -0.1) is 5.10 Å². The van der Waals surface area contributed by atoms with E-state index in [0.29, 0.717) is 11.7 Å². The van der Waals surface area contributed by atoms with Crippen LogP contribution in [0.5, 0.6) is 0 Å².